The number of nitrogens with zero attached hydrogens (tertiary/aromatic N) is 1. The smallest absolute Gasteiger partial charge is 0.337 e. The molecule has 0 aliphatic rings. The van der Waals surface area contributed by atoms with Gasteiger partial charge in [-0.05, 0) is 49.9 Å². The molecule has 3 aromatic rings. The van der Waals surface area contributed by atoms with Crippen LogP contribution < -0.4 is 4.74 Å². The number of halogens is 1. The van der Waals surface area contributed by atoms with Gasteiger partial charge >= 0.3 is 5.97 Å². The van der Waals surface area contributed by atoms with Crippen molar-refractivity contribution in [2.24, 2.45) is 5.92 Å². The summed E-state index contributed by atoms with van der Waals surface area (Å²) in [6, 6.07) is 13.7. The van der Waals surface area contributed by atoms with Crippen LogP contribution in [0.15, 0.2) is 48.5 Å². The number of aromatic carboxylic acids is 1. The maximum atomic E-state index is 14.5. The van der Waals surface area contributed by atoms with Crippen LogP contribution in [-0.2, 0) is 13.0 Å². The molecule has 5 heteroatoms. The van der Waals surface area contributed by atoms with E-state index in [2.05, 4.69) is 4.98 Å². The topological polar surface area (TPSA) is 59.4 Å². The summed E-state index contributed by atoms with van der Waals surface area (Å²) < 4.78 is 20.4. The van der Waals surface area contributed by atoms with E-state index in [-0.39, 0.29) is 18.1 Å². The minimum atomic E-state index is -1.12. The van der Waals surface area contributed by atoms with Gasteiger partial charge in [-0.2, -0.15) is 0 Å². The number of carboxylic acid groups (broad SMARTS) is 1. The summed E-state index contributed by atoms with van der Waals surface area (Å²) >= 11 is 0. The van der Waals surface area contributed by atoms with Crippen molar-refractivity contribution in [2.75, 3.05) is 0 Å². The fraction of sp³-hybridized carbons (Fsp3) is 0.280. The van der Waals surface area contributed by atoms with Crippen molar-refractivity contribution in [3.05, 3.63) is 82.4 Å². The number of ether oxygens (including phenoxy) is 1. The van der Waals surface area contributed by atoms with Crippen molar-refractivity contribution >= 4 is 5.97 Å². The molecule has 0 aliphatic heterocycles. The van der Waals surface area contributed by atoms with Gasteiger partial charge in [-0.25, -0.2) is 9.18 Å². The lowest BCUT2D eigenvalue weighted by Gasteiger charge is -2.17. The second-order valence-electron chi connectivity index (χ2n) is 7.92. The maximum Gasteiger partial charge on any atom is 0.337 e. The normalized spacial score (nSPS) is 11.0. The Balaban J connectivity index is 2.06. The molecule has 0 spiro atoms. The lowest BCUT2D eigenvalue weighted by molar-refractivity contribution is 0.0693. The van der Waals surface area contributed by atoms with Crippen LogP contribution >= 0.6 is 0 Å². The van der Waals surface area contributed by atoms with Crippen LogP contribution in [0.25, 0.3) is 11.1 Å². The van der Waals surface area contributed by atoms with E-state index >= 15 is 0 Å². The van der Waals surface area contributed by atoms with Gasteiger partial charge in [0, 0.05) is 16.8 Å². The SMILES string of the molecule is Cc1ccc(OCc2nc(CC(C)C)c(-c3ccccc3F)cc2C(=O)O)c(C)c1. The third-order valence-electron chi connectivity index (χ3n) is 4.87. The predicted molar refractivity (Wildman–Crippen MR) is 115 cm³/mol. The van der Waals surface area contributed by atoms with Crippen molar-refractivity contribution in [1.82, 2.24) is 4.98 Å². The zero-order valence-electron chi connectivity index (χ0n) is 17.7. The van der Waals surface area contributed by atoms with Crippen LogP contribution in [0.5, 0.6) is 5.75 Å². The number of aryl methyl sites for hydroxylation is 2. The van der Waals surface area contributed by atoms with E-state index in [1.165, 1.54) is 12.1 Å². The van der Waals surface area contributed by atoms with Gasteiger partial charge in [-0.3, -0.25) is 4.98 Å². The summed E-state index contributed by atoms with van der Waals surface area (Å²) in [6.07, 6.45) is 0.597. The molecule has 156 valence electrons. The first-order valence-corrected chi connectivity index (χ1v) is 9.97. The zero-order valence-corrected chi connectivity index (χ0v) is 17.7. The first-order chi connectivity index (χ1) is 14.3. The average Bonchev–Trinajstić information content (AvgIpc) is 2.67. The number of rotatable bonds is 7. The van der Waals surface area contributed by atoms with Crippen LogP contribution in [0.3, 0.4) is 0 Å². The molecular weight excluding hydrogens is 381 g/mol. The van der Waals surface area contributed by atoms with E-state index in [0.29, 0.717) is 34.7 Å². The monoisotopic (exact) mass is 407 g/mol. The number of carboxylic acids is 1. The van der Waals surface area contributed by atoms with Crippen molar-refractivity contribution in [3.63, 3.8) is 0 Å². The largest absolute Gasteiger partial charge is 0.487 e. The molecule has 0 fully saturated rings. The number of aromatic nitrogens is 1. The van der Waals surface area contributed by atoms with E-state index in [4.69, 9.17) is 4.74 Å². The summed E-state index contributed by atoms with van der Waals surface area (Å²) in [4.78, 5) is 16.6. The minimum absolute atomic E-state index is 0.0190. The first-order valence-electron chi connectivity index (χ1n) is 9.97. The van der Waals surface area contributed by atoms with Crippen LogP contribution in [0, 0.1) is 25.6 Å². The molecule has 3 rings (SSSR count). The summed E-state index contributed by atoms with van der Waals surface area (Å²) in [5.74, 6) is -0.565. The summed E-state index contributed by atoms with van der Waals surface area (Å²) in [5.41, 5.74) is 3.97. The van der Waals surface area contributed by atoms with Gasteiger partial charge in [0.25, 0.3) is 0 Å². The van der Waals surface area contributed by atoms with E-state index in [9.17, 15) is 14.3 Å². The second-order valence-corrected chi connectivity index (χ2v) is 7.92. The zero-order chi connectivity index (χ0) is 21.8. The summed E-state index contributed by atoms with van der Waals surface area (Å²) in [6.45, 7) is 8.06. The Bertz CT molecular complexity index is 1080. The summed E-state index contributed by atoms with van der Waals surface area (Å²) in [7, 11) is 0. The molecule has 4 nitrogen and oxygen atoms in total. The quantitative estimate of drug-likeness (QED) is 0.523. The van der Waals surface area contributed by atoms with Gasteiger partial charge in [0.15, 0.2) is 0 Å². The van der Waals surface area contributed by atoms with Gasteiger partial charge in [0.2, 0.25) is 0 Å². The fourth-order valence-electron chi connectivity index (χ4n) is 3.45. The van der Waals surface area contributed by atoms with Gasteiger partial charge in [-0.1, -0.05) is 49.7 Å². The Morgan fingerprint density at radius 2 is 1.80 bits per heavy atom. The van der Waals surface area contributed by atoms with Crippen molar-refractivity contribution in [3.8, 4) is 16.9 Å². The molecule has 2 aromatic carbocycles. The Morgan fingerprint density at radius 1 is 1.07 bits per heavy atom. The Hall–Kier alpha value is -3.21. The summed E-state index contributed by atoms with van der Waals surface area (Å²) in [5, 5.41) is 9.78. The Morgan fingerprint density at radius 3 is 2.43 bits per heavy atom. The van der Waals surface area contributed by atoms with Gasteiger partial charge < -0.3 is 9.84 Å². The Labute approximate surface area is 176 Å². The maximum absolute atomic E-state index is 14.5. The van der Waals surface area contributed by atoms with Crippen molar-refractivity contribution in [1.29, 1.82) is 0 Å². The van der Waals surface area contributed by atoms with E-state index in [0.717, 1.165) is 11.1 Å². The molecule has 1 heterocycles. The molecule has 0 bridgehead atoms. The van der Waals surface area contributed by atoms with Crippen molar-refractivity contribution < 1.29 is 19.0 Å². The average molecular weight is 407 g/mol. The van der Waals surface area contributed by atoms with Gasteiger partial charge in [0.1, 0.15) is 18.2 Å². The molecule has 0 unspecified atom stereocenters. The third kappa shape index (κ3) is 4.85. The lowest BCUT2D eigenvalue weighted by Crippen LogP contribution is -2.13. The van der Waals surface area contributed by atoms with Crippen molar-refractivity contribution in [2.45, 2.75) is 40.7 Å². The Kier molecular flexibility index (Phi) is 6.50. The van der Waals surface area contributed by atoms with Crippen LogP contribution in [0.4, 0.5) is 4.39 Å². The highest BCUT2D eigenvalue weighted by molar-refractivity contribution is 5.91. The molecule has 0 radical (unpaired) electrons. The number of hydrogen-bond donors (Lipinski definition) is 1. The van der Waals surface area contributed by atoms with E-state index < -0.39 is 11.8 Å². The van der Waals surface area contributed by atoms with Gasteiger partial charge in [-0.15, -0.1) is 0 Å². The number of pyridine rings is 1. The molecule has 0 saturated heterocycles. The molecule has 1 aromatic heterocycles. The first kappa shape index (κ1) is 21.5. The lowest BCUT2D eigenvalue weighted by atomic mass is 9.95. The van der Waals surface area contributed by atoms with Gasteiger partial charge in [0.05, 0.1) is 11.3 Å². The molecule has 30 heavy (non-hydrogen) atoms. The molecular formula is C25H26FNO3. The minimum Gasteiger partial charge on any atom is -0.487 e. The standard InChI is InChI=1S/C25H26FNO3/c1-15(2)11-22-19(18-7-5-6-8-21(18)26)13-20(25(28)29)23(27-22)14-30-24-10-9-16(3)12-17(24)4/h5-10,12-13,15H,11,14H2,1-4H3,(H,28,29). The molecule has 0 saturated carbocycles. The number of benzene rings is 2. The fourth-order valence-corrected chi connectivity index (χ4v) is 3.45. The number of carbonyl (C=O) groups is 1. The van der Waals surface area contributed by atoms with E-state index in [1.54, 1.807) is 18.2 Å². The van der Waals surface area contributed by atoms with Crippen LogP contribution in [0.2, 0.25) is 0 Å². The highest BCUT2D eigenvalue weighted by Gasteiger charge is 2.20. The van der Waals surface area contributed by atoms with E-state index in [1.807, 2.05) is 45.9 Å². The molecule has 0 aliphatic carbocycles. The highest BCUT2D eigenvalue weighted by Crippen LogP contribution is 2.30. The third-order valence-corrected chi connectivity index (χ3v) is 4.87. The predicted octanol–water partition coefficient (Wildman–Crippen LogP) is 5.98. The highest BCUT2D eigenvalue weighted by atomic mass is 19.1. The molecule has 0 amide bonds. The van der Waals surface area contributed by atoms with Crippen LogP contribution in [0.1, 0.15) is 46.7 Å². The second kappa shape index (κ2) is 9.08. The molecule has 0 atom stereocenters. The number of hydrogen-bond acceptors (Lipinski definition) is 3. The van der Waals surface area contributed by atoms with Crippen LogP contribution in [-0.4, -0.2) is 16.1 Å². The molecule has 1 N–H and O–H groups in total.